The van der Waals surface area contributed by atoms with Gasteiger partial charge in [0.05, 0.1) is 0 Å². The van der Waals surface area contributed by atoms with Crippen LogP contribution in [0.2, 0.25) is 0 Å². The Kier molecular flexibility index (Phi) is 4.41. The molecule has 2 aromatic carbocycles. The van der Waals surface area contributed by atoms with Crippen molar-refractivity contribution in [3.8, 4) is 0 Å². The first-order valence-electron chi connectivity index (χ1n) is 7.05. The van der Waals surface area contributed by atoms with Gasteiger partial charge in [0.15, 0.2) is 0 Å². The maximum Gasteiger partial charge on any atom is 0.313 e. The van der Waals surface area contributed by atoms with Gasteiger partial charge in [-0.3, -0.25) is 9.59 Å². The Bertz CT molecular complexity index is 660. The lowest BCUT2D eigenvalue weighted by Crippen LogP contribution is -2.25. The van der Waals surface area contributed by atoms with Crippen LogP contribution in [0.4, 0.5) is 0 Å². The van der Waals surface area contributed by atoms with Crippen LogP contribution in [0.3, 0.4) is 0 Å². The van der Waals surface area contributed by atoms with Crippen molar-refractivity contribution in [2.75, 3.05) is 0 Å². The minimum Gasteiger partial charge on any atom is -0.460 e. The van der Waals surface area contributed by atoms with E-state index < -0.39 is 11.6 Å². The highest BCUT2D eigenvalue weighted by atomic mass is 16.6. The minimum atomic E-state index is -0.559. The number of benzene rings is 2. The summed E-state index contributed by atoms with van der Waals surface area (Å²) in [6, 6.07) is 13.8. The molecule has 0 fully saturated rings. The third-order valence-electron chi connectivity index (χ3n) is 3.03. The zero-order valence-corrected chi connectivity index (χ0v) is 12.7. The lowest BCUT2D eigenvalue weighted by atomic mass is 9.99. The molecule has 0 aliphatic carbocycles. The second-order valence-corrected chi connectivity index (χ2v) is 6.12. The predicted molar refractivity (Wildman–Crippen MR) is 83.1 cm³/mol. The predicted octanol–water partition coefficient (Wildman–Crippen LogP) is 3.68. The molecule has 3 heteroatoms. The first-order valence-corrected chi connectivity index (χ1v) is 7.05. The number of esters is 1. The summed E-state index contributed by atoms with van der Waals surface area (Å²) in [5.74, 6) is -0.590. The van der Waals surface area contributed by atoms with E-state index in [9.17, 15) is 9.59 Å². The standard InChI is InChI=1S/C18H20O3/c1-18(2,3)21-17(20)12-15(19)11-14-9-6-8-13-7-4-5-10-16(13)14/h4-10H,11-12H2,1-3H3. The van der Waals surface area contributed by atoms with Crippen LogP contribution in [0.5, 0.6) is 0 Å². The maximum absolute atomic E-state index is 12.1. The number of ketones is 1. The molecule has 21 heavy (non-hydrogen) atoms. The molecule has 0 N–H and O–H groups in total. The molecule has 0 aliphatic rings. The van der Waals surface area contributed by atoms with Gasteiger partial charge in [-0.2, -0.15) is 0 Å². The Morgan fingerprint density at radius 2 is 1.67 bits per heavy atom. The van der Waals surface area contributed by atoms with Gasteiger partial charge >= 0.3 is 5.97 Å². The van der Waals surface area contributed by atoms with Crippen LogP contribution in [-0.2, 0) is 20.7 Å². The molecule has 110 valence electrons. The third-order valence-corrected chi connectivity index (χ3v) is 3.03. The fourth-order valence-electron chi connectivity index (χ4n) is 2.26. The first kappa shape index (κ1) is 15.2. The van der Waals surface area contributed by atoms with E-state index in [1.807, 2.05) is 42.5 Å². The Hall–Kier alpha value is -2.16. The average Bonchev–Trinajstić information content (AvgIpc) is 2.36. The molecule has 2 aromatic rings. The van der Waals surface area contributed by atoms with Gasteiger partial charge in [0.1, 0.15) is 17.8 Å². The van der Waals surface area contributed by atoms with Crippen molar-refractivity contribution in [2.45, 2.75) is 39.2 Å². The summed E-state index contributed by atoms with van der Waals surface area (Å²) in [6.07, 6.45) is 0.0705. The van der Waals surface area contributed by atoms with Crippen LogP contribution in [-0.4, -0.2) is 17.4 Å². The monoisotopic (exact) mass is 284 g/mol. The van der Waals surface area contributed by atoms with Crippen molar-refractivity contribution in [3.63, 3.8) is 0 Å². The van der Waals surface area contributed by atoms with E-state index in [2.05, 4.69) is 0 Å². The molecule has 0 aliphatic heterocycles. The van der Waals surface area contributed by atoms with E-state index in [4.69, 9.17) is 4.74 Å². The highest BCUT2D eigenvalue weighted by molar-refractivity contribution is 5.98. The second kappa shape index (κ2) is 6.08. The summed E-state index contributed by atoms with van der Waals surface area (Å²) >= 11 is 0. The van der Waals surface area contributed by atoms with Gasteiger partial charge in [-0.15, -0.1) is 0 Å². The highest BCUT2D eigenvalue weighted by Crippen LogP contribution is 2.19. The van der Waals surface area contributed by atoms with E-state index in [0.717, 1.165) is 16.3 Å². The van der Waals surface area contributed by atoms with Gasteiger partial charge < -0.3 is 4.74 Å². The molecule has 0 saturated carbocycles. The number of hydrogen-bond acceptors (Lipinski definition) is 3. The summed E-state index contributed by atoms with van der Waals surface area (Å²) in [5.41, 5.74) is 0.387. The number of fused-ring (bicyclic) bond motifs is 1. The normalized spacial score (nSPS) is 11.4. The van der Waals surface area contributed by atoms with Crippen LogP contribution < -0.4 is 0 Å². The van der Waals surface area contributed by atoms with E-state index in [1.165, 1.54) is 0 Å². The number of Topliss-reactive ketones (excluding diaryl/α,β-unsaturated/α-hetero) is 1. The summed E-state index contributed by atoms with van der Waals surface area (Å²) in [6.45, 7) is 5.38. The largest absolute Gasteiger partial charge is 0.460 e. The average molecular weight is 284 g/mol. The fourth-order valence-corrected chi connectivity index (χ4v) is 2.26. The molecule has 2 rings (SSSR count). The zero-order chi connectivity index (χ0) is 15.5. The molecular formula is C18H20O3. The molecule has 0 radical (unpaired) electrons. The SMILES string of the molecule is CC(C)(C)OC(=O)CC(=O)Cc1cccc2ccccc12. The number of hydrogen-bond donors (Lipinski definition) is 0. The first-order chi connectivity index (χ1) is 9.85. The Morgan fingerprint density at radius 3 is 2.38 bits per heavy atom. The molecule has 0 aromatic heterocycles. The van der Waals surface area contributed by atoms with Crippen LogP contribution in [0.1, 0.15) is 32.8 Å². The molecule has 0 saturated heterocycles. The Morgan fingerprint density at radius 1 is 1.00 bits per heavy atom. The molecule has 0 atom stereocenters. The smallest absolute Gasteiger partial charge is 0.313 e. The van der Waals surface area contributed by atoms with Crippen molar-refractivity contribution in [1.29, 1.82) is 0 Å². The second-order valence-electron chi connectivity index (χ2n) is 6.12. The highest BCUT2D eigenvalue weighted by Gasteiger charge is 2.19. The van der Waals surface area contributed by atoms with Gasteiger partial charge in [-0.05, 0) is 37.1 Å². The van der Waals surface area contributed by atoms with Crippen LogP contribution >= 0.6 is 0 Å². The summed E-state index contributed by atoms with van der Waals surface area (Å²) < 4.78 is 5.17. The van der Waals surface area contributed by atoms with Crippen LogP contribution in [0, 0.1) is 0 Å². The summed E-state index contributed by atoms with van der Waals surface area (Å²) in [7, 11) is 0. The van der Waals surface area contributed by atoms with Crippen molar-refractivity contribution >= 4 is 22.5 Å². The molecule has 0 amide bonds. The van der Waals surface area contributed by atoms with Crippen molar-refractivity contribution < 1.29 is 14.3 Å². The molecule has 3 nitrogen and oxygen atoms in total. The molecular weight excluding hydrogens is 264 g/mol. The van der Waals surface area contributed by atoms with Crippen molar-refractivity contribution in [2.24, 2.45) is 0 Å². The molecule has 0 unspecified atom stereocenters. The van der Waals surface area contributed by atoms with Gasteiger partial charge in [0.2, 0.25) is 0 Å². The molecule has 0 bridgehead atoms. The lowest BCUT2D eigenvalue weighted by molar-refractivity contribution is -0.156. The number of rotatable bonds is 4. The lowest BCUT2D eigenvalue weighted by Gasteiger charge is -2.19. The fraction of sp³-hybridized carbons (Fsp3) is 0.333. The topological polar surface area (TPSA) is 43.4 Å². The number of carbonyl (C=O) groups is 2. The van der Waals surface area contributed by atoms with E-state index >= 15 is 0 Å². The van der Waals surface area contributed by atoms with Gasteiger partial charge in [-0.1, -0.05) is 42.5 Å². The Labute approximate surface area is 124 Å². The summed E-state index contributed by atoms with van der Waals surface area (Å²) in [5, 5.41) is 2.15. The molecule has 0 spiro atoms. The van der Waals surface area contributed by atoms with E-state index in [1.54, 1.807) is 20.8 Å². The van der Waals surface area contributed by atoms with Crippen LogP contribution in [0.15, 0.2) is 42.5 Å². The van der Waals surface area contributed by atoms with Gasteiger partial charge in [0, 0.05) is 6.42 Å². The number of carbonyl (C=O) groups excluding carboxylic acids is 2. The Balaban J connectivity index is 2.07. The minimum absolute atomic E-state index is 0.124. The van der Waals surface area contributed by atoms with Crippen molar-refractivity contribution in [3.05, 3.63) is 48.0 Å². The van der Waals surface area contributed by atoms with Gasteiger partial charge in [-0.25, -0.2) is 0 Å². The maximum atomic E-state index is 12.1. The van der Waals surface area contributed by atoms with Crippen LogP contribution in [0.25, 0.3) is 10.8 Å². The summed E-state index contributed by atoms with van der Waals surface area (Å²) in [4.78, 5) is 23.7. The number of ether oxygens (including phenoxy) is 1. The third kappa shape index (κ3) is 4.42. The quantitative estimate of drug-likeness (QED) is 0.635. The van der Waals surface area contributed by atoms with Gasteiger partial charge in [0.25, 0.3) is 0 Å². The van der Waals surface area contributed by atoms with Crippen molar-refractivity contribution in [1.82, 2.24) is 0 Å². The van der Waals surface area contributed by atoms with E-state index in [0.29, 0.717) is 0 Å². The van der Waals surface area contributed by atoms with E-state index in [-0.39, 0.29) is 18.6 Å². The molecule has 0 heterocycles. The zero-order valence-electron chi connectivity index (χ0n) is 12.7.